The Kier molecular flexibility index (Phi) is 5.57. The van der Waals surface area contributed by atoms with E-state index in [1.807, 2.05) is 12.4 Å². The lowest BCUT2D eigenvalue weighted by atomic mass is 9.98. The lowest BCUT2D eigenvalue weighted by Crippen LogP contribution is -2.25. The molecule has 1 aromatic carbocycles. The van der Waals surface area contributed by atoms with Gasteiger partial charge in [-0.15, -0.1) is 0 Å². The summed E-state index contributed by atoms with van der Waals surface area (Å²) in [4.78, 5) is 4.54. The molecule has 0 aliphatic carbocycles. The van der Waals surface area contributed by atoms with Gasteiger partial charge >= 0.3 is 0 Å². The summed E-state index contributed by atoms with van der Waals surface area (Å²) in [6, 6.07) is 9.07. The van der Waals surface area contributed by atoms with Crippen molar-refractivity contribution < 1.29 is 0 Å². The van der Waals surface area contributed by atoms with Crippen molar-refractivity contribution >= 4 is 0 Å². The molecule has 0 aliphatic rings. The molecule has 0 bridgehead atoms. The van der Waals surface area contributed by atoms with Gasteiger partial charge in [-0.2, -0.15) is 0 Å². The van der Waals surface area contributed by atoms with E-state index in [9.17, 15) is 0 Å². The molecule has 1 unspecified atom stereocenters. The van der Waals surface area contributed by atoms with Crippen LogP contribution in [-0.2, 0) is 13.5 Å². The number of imidazole rings is 1. The Morgan fingerprint density at radius 2 is 2.10 bits per heavy atom. The standard InChI is InChI=1S/C18H27N3/c1-5-9-19-17(18-20-10-11-21(18)4)16-8-6-7-15(13-16)12-14(2)3/h6-8,10-11,13-14,17,19H,5,9,12H2,1-4H3. The fraction of sp³-hybridized carbons (Fsp3) is 0.500. The van der Waals surface area contributed by atoms with Crippen molar-refractivity contribution in [3.63, 3.8) is 0 Å². The first-order chi connectivity index (χ1) is 10.1. The van der Waals surface area contributed by atoms with Crippen LogP contribution in [-0.4, -0.2) is 16.1 Å². The summed E-state index contributed by atoms with van der Waals surface area (Å²) in [5, 5.41) is 3.63. The number of aryl methyl sites for hydroxylation is 1. The first kappa shape index (κ1) is 15.8. The fourth-order valence-corrected chi connectivity index (χ4v) is 2.67. The number of hydrogen-bond donors (Lipinski definition) is 1. The van der Waals surface area contributed by atoms with Gasteiger partial charge in [0.15, 0.2) is 0 Å². The molecule has 2 rings (SSSR count). The summed E-state index contributed by atoms with van der Waals surface area (Å²) < 4.78 is 2.10. The second-order valence-electron chi connectivity index (χ2n) is 6.13. The van der Waals surface area contributed by atoms with Crippen molar-refractivity contribution in [2.75, 3.05) is 6.54 Å². The minimum absolute atomic E-state index is 0.164. The third kappa shape index (κ3) is 4.18. The second kappa shape index (κ2) is 7.41. The van der Waals surface area contributed by atoms with Crippen LogP contribution in [0.2, 0.25) is 0 Å². The minimum atomic E-state index is 0.164. The van der Waals surface area contributed by atoms with E-state index in [0.29, 0.717) is 5.92 Å². The van der Waals surface area contributed by atoms with E-state index in [-0.39, 0.29) is 6.04 Å². The Hall–Kier alpha value is -1.61. The van der Waals surface area contributed by atoms with Gasteiger partial charge in [-0.05, 0) is 36.4 Å². The molecule has 0 saturated heterocycles. The molecule has 0 radical (unpaired) electrons. The number of benzene rings is 1. The van der Waals surface area contributed by atoms with E-state index >= 15 is 0 Å². The summed E-state index contributed by atoms with van der Waals surface area (Å²) in [6.07, 6.45) is 6.11. The molecule has 1 aromatic heterocycles. The van der Waals surface area contributed by atoms with E-state index in [2.05, 4.69) is 67.0 Å². The Balaban J connectivity index is 2.30. The monoisotopic (exact) mass is 285 g/mol. The topological polar surface area (TPSA) is 29.9 Å². The highest BCUT2D eigenvalue weighted by Gasteiger charge is 2.17. The molecule has 1 heterocycles. The lowest BCUT2D eigenvalue weighted by Gasteiger charge is -2.20. The Bertz CT molecular complexity index is 557. The van der Waals surface area contributed by atoms with Crippen LogP contribution in [0.1, 0.15) is 50.2 Å². The van der Waals surface area contributed by atoms with Crippen molar-refractivity contribution in [1.82, 2.24) is 14.9 Å². The zero-order chi connectivity index (χ0) is 15.2. The number of hydrogen-bond acceptors (Lipinski definition) is 2. The number of nitrogens with one attached hydrogen (secondary N) is 1. The summed E-state index contributed by atoms with van der Waals surface area (Å²) >= 11 is 0. The quantitative estimate of drug-likeness (QED) is 0.840. The maximum atomic E-state index is 4.54. The predicted octanol–water partition coefficient (Wildman–Crippen LogP) is 3.71. The summed E-state index contributed by atoms with van der Waals surface area (Å²) in [5.41, 5.74) is 2.70. The van der Waals surface area contributed by atoms with Crippen molar-refractivity contribution in [3.8, 4) is 0 Å². The zero-order valence-corrected chi connectivity index (χ0v) is 13.6. The van der Waals surface area contributed by atoms with Crippen LogP contribution >= 0.6 is 0 Å². The average Bonchev–Trinajstić information content (AvgIpc) is 2.85. The molecule has 3 heteroatoms. The van der Waals surface area contributed by atoms with Gasteiger partial charge in [0.05, 0.1) is 6.04 Å². The highest BCUT2D eigenvalue weighted by Crippen LogP contribution is 2.22. The number of aromatic nitrogens is 2. The molecule has 1 atom stereocenters. The third-order valence-electron chi connectivity index (χ3n) is 3.64. The van der Waals surface area contributed by atoms with E-state index < -0.39 is 0 Å². The van der Waals surface area contributed by atoms with Gasteiger partial charge in [0.1, 0.15) is 5.82 Å². The smallest absolute Gasteiger partial charge is 0.130 e. The molecule has 0 aliphatic heterocycles. The maximum Gasteiger partial charge on any atom is 0.130 e. The van der Waals surface area contributed by atoms with Gasteiger partial charge in [-0.1, -0.05) is 45.0 Å². The first-order valence-electron chi connectivity index (χ1n) is 7.91. The van der Waals surface area contributed by atoms with Gasteiger partial charge in [-0.3, -0.25) is 0 Å². The van der Waals surface area contributed by atoms with Gasteiger partial charge in [0, 0.05) is 19.4 Å². The predicted molar refractivity (Wildman–Crippen MR) is 88.3 cm³/mol. The molecule has 2 aromatic rings. The maximum absolute atomic E-state index is 4.54. The lowest BCUT2D eigenvalue weighted by molar-refractivity contribution is 0.554. The highest BCUT2D eigenvalue weighted by atomic mass is 15.1. The van der Waals surface area contributed by atoms with Crippen LogP contribution in [0, 0.1) is 5.92 Å². The largest absolute Gasteiger partial charge is 0.336 e. The van der Waals surface area contributed by atoms with Crippen LogP contribution in [0.25, 0.3) is 0 Å². The van der Waals surface area contributed by atoms with Crippen molar-refractivity contribution in [3.05, 3.63) is 53.6 Å². The number of rotatable bonds is 7. The van der Waals surface area contributed by atoms with Crippen molar-refractivity contribution in [1.29, 1.82) is 0 Å². The molecule has 0 saturated carbocycles. The van der Waals surface area contributed by atoms with Crippen LogP contribution < -0.4 is 5.32 Å². The van der Waals surface area contributed by atoms with Crippen molar-refractivity contribution in [2.45, 2.75) is 39.7 Å². The molecule has 0 spiro atoms. The SMILES string of the molecule is CCCNC(c1cccc(CC(C)C)c1)c1nccn1C. The van der Waals surface area contributed by atoms with E-state index in [0.717, 1.165) is 25.2 Å². The highest BCUT2D eigenvalue weighted by molar-refractivity contribution is 5.30. The van der Waals surface area contributed by atoms with Gasteiger partial charge < -0.3 is 9.88 Å². The van der Waals surface area contributed by atoms with Crippen LogP contribution in [0.4, 0.5) is 0 Å². The number of nitrogens with zero attached hydrogens (tertiary/aromatic N) is 2. The molecule has 1 N–H and O–H groups in total. The summed E-state index contributed by atoms with van der Waals surface area (Å²) in [5.74, 6) is 1.75. The van der Waals surface area contributed by atoms with Gasteiger partial charge in [-0.25, -0.2) is 4.98 Å². The molecule has 21 heavy (non-hydrogen) atoms. The van der Waals surface area contributed by atoms with Crippen LogP contribution in [0.5, 0.6) is 0 Å². The average molecular weight is 285 g/mol. The summed E-state index contributed by atoms with van der Waals surface area (Å²) in [7, 11) is 2.06. The van der Waals surface area contributed by atoms with Gasteiger partial charge in [0.25, 0.3) is 0 Å². The normalized spacial score (nSPS) is 12.8. The second-order valence-corrected chi connectivity index (χ2v) is 6.13. The van der Waals surface area contributed by atoms with Crippen molar-refractivity contribution in [2.24, 2.45) is 13.0 Å². The van der Waals surface area contributed by atoms with E-state index in [1.54, 1.807) is 0 Å². The third-order valence-corrected chi connectivity index (χ3v) is 3.64. The molecule has 3 nitrogen and oxygen atoms in total. The molecule has 0 fully saturated rings. The Morgan fingerprint density at radius 1 is 1.29 bits per heavy atom. The van der Waals surface area contributed by atoms with Gasteiger partial charge in [0.2, 0.25) is 0 Å². The zero-order valence-electron chi connectivity index (χ0n) is 13.6. The Labute approximate surface area is 128 Å². The van der Waals surface area contributed by atoms with E-state index in [4.69, 9.17) is 0 Å². The van der Waals surface area contributed by atoms with Crippen LogP contribution in [0.3, 0.4) is 0 Å². The minimum Gasteiger partial charge on any atom is -0.336 e. The molecular formula is C18H27N3. The Morgan fingerprint density at radius 3 is 2.71 bits per heavy atom. The summed E-state index contributed by atoms with van der Waals surface area (Å²) in [6.45, 7) is 7.71. The fourth-order valence-electron chi connectivity index (χ4n) is 2.67. The first-order valence-corrected chi connectivity index (χ1v) is 7.91. The molecular weight excluding hydrogens is 258 g/mol. The van der Waals surface area contributed by atoms with Crippen LogP contribution in [0.15, 0.2) is 36.7 Å². The molecule has 114 valence electrons. The molecule has 0 amide bonds. The van der Waals surface area contributed by atoms with E-state index in [1.165, 1.54) is 11.1 Å².